The Bertz CT molecular complexity index is 727. The van der Waals surface area contributed by atoms with E-state index in [-0.39, 0.29) is 35.4 Å². The molecule has 2 amide bonds. The van der Waals surface area contributed by atoms with E-state index in [9.17, 15) is 14.0 Å². The molecule has 0 aromatic heterocycles. The topological polar surface area (TPSA) is 61.4 Å². The van der Waals surface area contributed by atoms with Crippen LogP contribution in [0.3, 0.4) is 0 Å². The number of thiocarbonyl (C=S) groups is 1. The van der Waals surface area contributed by atoms with Crippen molar-refractivity contribution in [3.05, 3.63) is 30.1 Å². The van der Waals surface area contributed by atoms with Gasteiger partial charge in [-0.05, 0) is 50.0 Å². The summed E-state index contributed by atoms with van der Waals surface area (Å²) in [6.45, 7) is 2.77. The lowest BCUT2D eigenvalue weighted by atomic mass is 9.76. The maximum atomic E-state index is 13.8. The molecule has 0 radical (unpaired) electrons. The number of amides is 2. The van der Waals surface area contributed by atoms with Gasteiger partial charge in [0, 0.05) is 18.5 Å². The lowest BCUT2D eigenvalue weighted by Gasteiger charge is -2.43. The van der Waals surface area contributed by atoms with Crippen LogP contribution in [0.2, 0.25) is 0 Å². The van der Waals surface area contributed by atoms with Crippen LogP contribution in [0, 0.1) is 17.7 Å². The van der Waals surface area contributed by atoms with Crippen LogP contribution in [-0.2, 0) is 9.59 Å². The highest BCUT2D eigenvalue weighted by Gasteiger charge is 2.43. The van der Waals surface area contributed by atoms with Gasteiger partial charge < -0.3 is 10.6 Å². The minimum Gasteiger partial charge on any atom is -0.359 e. The van der Waals surface area contributed by atoms with Crippen molar-refractivity contribution in [3.63, 3.8) is 0 Å². The Morgan fingerprint density at radius 3 is 2.85 bits per heavy atom. The Labute approximate surface area is 164 Å². The number of hydrogen-bond acceptors (Lipinski definition) is 3. The van der Waals surface area contributed by atoms with Gasteiger partial charge in [0.1, 0.15) is 5.82 Å². The van der Waals surface area contributed by atoms with E-state index in [4.69, 9.17) is 12.2 Å². The van der Waals surface area contributed by atoms with Gasteiger partial charge in [-0.15, -0.1) is 0 Å². The lowest BCUT2D eigenvalue weighted by Crippen LogP contribution is -2.61. The second-order valence-corrected chi connectivity index (χ2v) is 7.73. The van der Waals surface area contributed by atoms with E-state index in [0.717, 1.165) is 19.3 Å². The van der Waals surface area contributed by atoms with E-state index >= 15 is 0 Å². The maximum Gasteiger partial charge on any atom is 0.233 e. The molecule has 0 bridgehead atoms. The summed E-state index contributed by atoms with van der Waals surface area (Å²) in [4.78, 5) is 27.1. The fourth-order valence-corrected chi connectivity index (χ4v) is 4.26. The van der Waals surface area contributed by atoms with Crippen molar-refractivity contribution in [3.8, 4) is 0 Å². The fraction of sp³-hybridized carbons (Fsp3) is 0.550. The van der Waals surface area contributed by atoms with Crippen LogP contribution in [0.15, 0.2) is 24.3 Å². The molecular weight excluding hydrogens is 365 g/mol. The normalized spacial score (nSPS) is 25.0. The van der Waals surface area contributed by atoms with Crippen molar-refractivity contribution in [1.82, 2.24) is 10.2 Å². The Balaban J connectivity index is 1.60. The number of fused-ring (bicyclic) bond motifs is 1. The molecule has 2 N–H and O–H groups in total. The number of halogens is 1. The highest BCUT2D eigenvalue weighted by Crippen LogP contribution is 2.34. The summed E-state index contributed by atoms with van der Waals surface area (Å²) >= 11 is 5.39. The molecule has 0 spiro atoms. The molecule has 1 saturated carbocycles. The summed E-state index contributed by atoms with van der Waals surface area (Å²) in [6.07, 6.45) is 4.88. The van der Waals surface area contributed by atoms with Gasteiger partial charge in [-0.25, -0.2) is 4.39 Å². The van der Waals surface area contributed by atoms with Crippen molar-refractivity contribution < 1.29 is 14.0 Å². The Kier molecular flexibility index (Phi) is 6.42. The highest BCUT2D eigenvalue weighted by atomic mass is 32.1. The van der Waals surface area contributed by atoms with Gasteiger partial charge in [-0.2, -0.15) is 0 Å². The van der Waals surface area contributed by atoms with Crippen LogP contribution in [0.4, 0.5) is 10.1 Å². The number of benzene rings is 1. The predicted molar refractivity (Wildman–Crippen MR) is 107 cm³/mol. The van der Waals surface area contributed by atoms with E-state index in [1.54, 1.807) is 23.1 Å². The van der Waals surface area contributed by atoms with E-state index in [1.165, 1.54) is 6.07 Å². The molecule has 146 valence electrons. The van der Waals surface area contributed by atoms with Crippen molar-refractivity contribution in [2.75, 3.05) is 11.9 Å². The smallest absolute Gasteiger partial charge is 0.233 e. The Hall–Kier alpha value is -2.02. The molecule has 3 rings (SSSR count). The second kappa shape index (κ2) is 8.78. The summed E-state index contributed by atoms with van der Waals surface area (Å²) in [5.41, 5.74) is 0.190. The van der Waals surface area contributed by atoms with Gasteiger partial charge in [-0.1, -0.05) is 31.9 Å². The highest BCUT2D eigenvalue weighted by molar-refractivity contribution is 7.80. The van der Waals surface area contributed by atoms with Crippen molar-refractivity contribution >= 4 is 34.8 Å². The first kappa shape index (κ1) is 19.7. The molecule has 2 fully saturated rings. The average molecular weight is 392 g/mol. The number of anilines is 1. The number of carbonyl (C=O) groups excluding carboxylic acids is 2. The summed E-state index contributed by atoms with van der Waals surface area (Å²) in [5.74, 6) is -0.984. The number of para-hydroxylation sites is 1. The minimum atomic E-state index is -0.450. The predicted octanol–water partition coefficient (Wildman–Crippen LogP) is 3.46. The third-order valence-corrected chi connectivity index (χ3v) is 5.81. The number of nitrogens with one attached hydrogen (secondary N) is 2. The van der Waals surface area contributed by atoms with Gasteiger partial charge in [-0.3, -0.25) is 14.5 Å². The molecule has 7 heteroatoms. The number of nitrogens with zero attached hydrogens (tertiary/aromatic N) is 1. The first-order valence-corrected chi connectivity index (χ1v) is 10.1. The Morgan fingerprint density at radius 1 is 1.33 bits per heavy atom. The fourth-order valence-electron chi connectivity index (χ4n) is 3.93. The van der Waals surface area contributed by atoms with Gasteiger partial charge >= 0.3 is 0 Å². The van der Waals surface area contributed by atoms with Crippen molar-refractivity contribution in [2.45, 2.75) is 51.5 Å². The maximum absolute atomic E-state index is 13.8. The zero-order valence-electron chi connectivity index (χ0n) is 15.5. The van der Waals surface area contributed by atoms with Crippen LogP contribution in [-0.4, -0.2) is 34.4 Å². The monoisotopic (exact) mass is 391 g/mol. The number of carbonyl (C=O) groups is 2. The summed E-state index contributed by atoms with van der Waals surface area (Å²) in [5, 5.41) is 6.40. The van der Waals surface area contributed by atoms with E-state index in [1.807, 2.05) is 0 Å². The molecule has 1 heterocycles. The van der Waals surface area contributed by atoms with Gasteiger partial charge in [0.15, 0.2) is 5.11 Å². The summed E-state index contributed by atoms with van der Waals surface area (Å²) in [6, 6.07) is 6.01. The standard InChI is InChI=1S/C20H26FN3O2S/c1-2-3-6-11-24-19(26)14-10-9-13(12-17(14)23-20(24)27)18(25)22-16-8-5-4-7-15(16)21/h4-5,7-8,13-14,17H,2-3,6,9-12H2,1H3,(H,22,25)(H,23,27). The molecule has 2 aliphatic rings. The van der Waals surface area contributed by atoms with Crippen molar-refractivity contribution in [1.29, 1.82) is 0 Å². The van der Waals surface area contributed by atoms with Gasteiger partial charge in [0.2, 0.25) is 11.8 Å². The molecule has 1 aliphatic carbocycles. The first-order valence-electron chi connectivity index (χ1n) is 9.68. The zero-order valence-corrected chi connectivity index (χ0v) is 16.4. The average Bonchev–Trinajstić information content (AvgIpc) is 2.65. The number of rotatable bonds is 6. The summed E-state index contributed by atoms with van der Waals surface area (Å²) < 4.78 is 13.8. The zero-order chi connectivity index (χ0) is 19.4. The molecule has 1 aliphatic heterocycles. The molecule has 27 heavy (non-hydrogen) atoms. The van der Waals surface area contributed by atoms with Crippen LogP contribution in [0.25, 0.3) is 0 Å². The quantitative estimate of drug-likeness (QED) is 0.576. The third kappa shape index (κ3) is 4.46. The second-order valence-electron chi connectivity index (χ2n) is 7.34. The van der Waals surface area contributed by atoms with E-state index < -0.39 is 5.82 Å². The molecule has 5 nitrogen and oxygen atoms in total. The van der Waals surface area contributed by atoms with Crippen LogP contribution in [0.1, 0.15) is 45.4 Å². The van der Waals surface area contributed by atoms with Crippen LogP contribution < -0.4 is 10.6 Å². The molecule has 1 aromatic rings. The molecular formula is C20H26FN3O2S. The SMILES string of the molecule is CCCCCN1C(=O)C2CCC(C(=O)Nc3ccccc3F)CC2NC1=S. The number of hydrogen-bond donors (Lipinski definition) is 2. The van der Waals surface area contributed by atoms with Gasteiger partial charge in [0.05, 0.1) is 11.6 Å². The van der Waals surface area contributed by atoms with Gasteiger partial charge in [0.25, 0.3) is 0 Å². The largest absolute Gasteiger partial charge is 0.359 e. The third-order valence-electron chi connectivity index (χ3n) is 5.48. The molecule has 1 aromatic carbocycles. The van der Waals surface area contributed by atoms with E-state index in [0.29, 0.717) is 30.9 Å². The van der Waals surface area contributed by atoms with Crippen LogP contribution >= 0.6 is 12.2 Å². The first-order chi connectivity index (χ1) is 13.0. The number of unbranched alkanes of at least 4 members (excludes halogenated alkanes) is 2. The summed E-state index contributed by atoms with van der Waals surface area (Å²) in [7, 11) is 0. The van der Waals surface area contributed by atoms with Crippen LogP contribution in [0.5, 0.6) is 0 Å². The molecule has 3 unspecified atom stereocenters. The minimum absolute atomic E-state index is 0.0767. The van der Waals surface area contributed by atoms with E-state index in [2.05, 4.69) is 17.6 Å². The molecule has 3 atom stereocenters. The lowest BCUT2D eigenvalue weighted by molar-refractivity contribution is -0.137. The van der Waals surface area contributed by atoms with Crippen molar-refractivity contribution in [2.24, 2.45) is 11.8 Å². The molecule has 1 saturated heterocycles. The Morgan fingerprint density at radius 2 is 2.11 bits per heavy atom.